The zero-order valence-corrected chi connectivity index (χ0v) is 12.4. The lowest BCUT2D eigenvalue weighted by Gasteiger charge is -2.13. The molecule has 0 aliphatic heterocycles. The fourth-order valence-corrected chi connectivity index (χ4v) is 1.94. The topological polar surface area (TPSA) is 133 Å². The van der Waals surface area contributed by atoms with E-state index in [0.29, 0.717) is 10.3 Å². The average molecular weight is 355 g/mol. The van der Waals surface area contributed by atoms with Gasteiger partial charge in [0.15, 0.2) is 5.82 Å². The summed E-state index contributed by atoms with van der Waals surface area (Å²) in [4.78, 5) is 23.0. The SMILES string of the molecule is CC(NC(=O)Nc1cc(Br)ccc1C(=O)O)c1nn[nH]n1. The number of benzene rings is 1. The Bertz CT molecular complexity index is 660. The molecule has 1 heterocycles. The largest absolute Gasteiger partial charge is 0.478 e. The summed E-state index contributed by atoms with van der Waals surface area (Å²) in [5, 5.41) is 27.3. The minimum Gasteiger partial charge on any atom is -0.478 e. The first-order chi connectivity index (χ1) is 9.97. The van der Waals surface area contributed by atoms with Crippen LogP contribution in [0.25, 0.3) is 0 Å². The molecule has 1 unspecified atom stereocenters. The first-order valence-corrected chi connectivity index (χ1v) is 6.60. The molecule has 1 atom stereocenters. The van der Waals surface area contributed by atoms with Crippen LogP contribution in [0.15, 0.2) is 22.7 Å². The number of H-pyrrole nitrogens is 1. The van der Waals surface area contributed by atoms with Gasteiger partial charge in [-0.15, -0.1) is 10.2 Å². The van der Waals surface area contributed by atoms with Crippen LogP contribution in [0.4, 0.5) is 10.5 Å². The van der Waals surface area contributed by atoms with Gasteiger partial charge in [0, 0.05) is 4.47 Å². The van der Waals surface area contributed by atoms with Gasteiger partial charge in [0.1, 0.15) is 0 Å². The number of urea groups is 1. The minimum atomic E-state index is -1.14. The predicted molar refractivity (Wildman–Crippen MR) is 75.8 cm³/mol. The molecule has 0 saturated heterocycles. The van der Waals surface area contributed by atoms with E-state index in [4.69, 9.17) is 5.11 Å². The standard InChI is InChI=1S/C11H11BrN6O3/c1-5(9-15-17-18-16-9)13-11(21)14-8-4-6(12)2-3-7(8)10(19)20/h2-5H,1H3,(H,19,20)(H2,13,14,21)(H,15,16,17,18). The van der Waals surface area contributed by atoms with Crippen molar-refractivity contribution in [2.24, 2.45) is 0 Å². The molecule has 1 aromatic carbocycles. The third kappa shape index (κ3) is 3.75. The van der Waals surface area contributed by atoms with Crippen molar-refractivity contribution in [2.45, 2.75) is 13.0 Å². The molecule has 1 aromatic heterocycles. The Morgan fingerprint density at radius 2 is 2.19 bits per heavy atom. The Morgan fingerprint density at radius 3 is 2.81 bits per heavy atom. The third-order valence-corrected chi connectivity index (χ3v) is 3.05. The van der Waals surface area contributed by atoms with E-state index in [-0.39, 0.29) is 11.3 Å². The second-order valence-electron chi connectivity index (χ2n) is 4.09. The first kappa shape index (κ1) is 14.9. The molecule has 0 saturated carbocycles. The maximum Gasteiger partial charge on any atom is 0.337 e. The molecule has 4 N–H and O–H groups in total. The quantitative estimate of drug-likeness (QED) is 0.658. The van der Waals surface area contributed by atoms with Gasteiger partial charge in [-0.25, -0.2) is 9.59 Å². The van der Waals surface area contributed by atoms with Crippen molar-refractivity contribution in [2.75, 3.05) is 5.32 Å². The van der Waals surface area contributed by atoms with Crippen LogP contribution in [0.2, 0.25) is 0 Å². The number of aromatic amines is 1. The van der Waals surface area contributed by atoms with E-state index in [9.17, 15) is 9.59 Å². The highest BCUT2D eigenvalue weighted by Crippen LogP contribution is 2.21. The van der Waals surface area contributed by atoms with Gasteiger partial charge in [0.25, 0.3) is 0 Å². The van der Waals surface area contributed by atoms with Gasteiger partial charge in [0.2, 0.25) is 0 Å². The maximum absolute atomic E-state index is 11.9. The van der Waals surface area contributed by atoms with Crippen molar-refractivity contribution in [1.82, 2.24) is 25.9 Å². The number of aromatic carboxylic acids is 1. The summed E-state index contributed by atoms with van der Waals surface area (Å²) in [6.07, 6.45) is 0. The number of nitrogens with zero attached hydrogens (tertiary/aromatic N) is 3. The molecule has 0 radical (unpaired) electrons. The second-order valence-corrected chi connectivity index (χ2v) is 5.00. The number of aromatic nitrogens is 4. The molecule has 0 spiro atoms. The maximum atomic E-state index is 11.9. The molecular formula is C11H11BrN6O3. The number of carbonyl (C=O) groups excluding carboxylic acids is 1. The van der Waals surface area contributed by atoms with Crippen LogP contribution in [0.5, 0.6) is 0 Å². The predicted octanol–water partition coefficient (Wildman–Crippen LogP) is 1.54. The molecular weight excluding hydrogens is 344 g/mol. The van der Waals surface area contributed by atoms with E-state index in [0.717, 1.165) is 0 Å². The number of halogens is 1. The smallest absolute Gasteiger partial charge is 0.337 e. The zero-order valence-electron chi connectivity index (χ0n) is 10.8. The number of tetrazole rings is 1. The van der Waals surface area contributed by atoms with Crippen LogP contribution in [0, 0.1) is 0 Å². The minimum absolute atomic E-state index is 0.0134. The number of rotatable bonds is 4. The van der Waals surface area contributed by atoms with Gasteiger partial charge in [-0.05, 0) is 25.1 Å². The lowest BCUT2D eigenvalue weighted by atomic mass is 10.2. The summed E-state index contributed by atoms with van der Waals surface area (Å²) in [6, 6.07) is 3.42. The molecule has 9 nitrogen and oxygen atoms in total. The Kier molecular flexibility index (Phi) is 4.48. The number of nitrogens with one attached hydrogen (secondary N) is 3. The molecule has 21 heavy (non-hydrogen) atoms. The molecule has 0 aliphatic carbocycles. The Morgan fingerprint density at radius 1 is 1.43 bits per heavy atom. The van der Waals surface area contributed by atoms with E-state index in [1.165, 1.54) is 12.1 Å². The highest BCUT2D eigenvalue weighted by molar-refractivity contribution is 9.10. The van der Waals surface area contributed by atoms with Gasteiger partial charge in [-0.2, -0.15) is 5.21 Å². The normalized spacial score (nSPS) is 11.7. The third-order valence-electron chi connectivity index (χ3n) is 2.56. The van der Waals surface area contributed by atoms with Crippen molar-refractivity contribution >= 4 is 33.6 Å². The van der Waals surface area contributed by atoms with Gasteiger partial charge in [-0.1, -0.05) is 21.1 Å². The van der Waals surface area contributed by atoms with E-state index >= 15 is 0 Å². The Labute approximate surface area is 127 Å². The summed E-state index contributed by atoms with van der Waals surface area (Å²) in [5.41, 5.74) is 0.162. The molecule has 2 rings (SSSR count). The van der Waals surface area contributed by atoms with Gasteiger partial charge in [-0.3, -0.25) is 0 Å². The van der Waals surface area contributed by atoms with Crippen LogP contribution in [-0.2, 0) is 0 Å². The first-order valence-electron chi connectivity index (χ1n) is 5.81. The molecule has 0 aliphatic rings. The average Bonchev–Trinajstić information content (AvgIpc) is 2.91. The molecule has 2 amide bonds. The zero-order chi connectivity index (χ0) is 15.4. The number of carbonyl (C=O) groups is 2. The van der Waals surface area contributed by atoms with Crippen LogP contribution in [0.1, 0.15) is 29.1 Å². The Balaban J connectivity index is 2.09. The van der Waals surface area contributed by atoms with Crippen molar-refractivity contribution < 1.29 is 14.7 Å². The summed E-state index contributed by atoms with van der Waals surface area (Å²) < 4.78 is 0.647. The molecule has 110 valence electrons. The molecule has 10 heteroatoms. The highest BCUT2D eigenvalue weighted by Gasteiger charge is 2.16. The van der Waals surface area contributed by atoms with Crippen LogP contribution < -0.4 is 10.6 Å². The number of carboxylic acid groups (broad SMARTS) is 1. The molecule has 2 aromatic rings. The van der Waals surface area contributed by atoms with Crippen LogP contribution in [-0.4, -0.2) is 37.7 Å². The van der Waals surface area contributed by atoms with Gasteiger partial charge < -0.3 is 15.7 Å². The van der Waals surface area contributed by atoms with Crippen molar-refractivity contribution in [3.63, 3.8) is 0 Å². The summed E-state index contributed by atoms with van der Waals surface area (Å²) in [5.74, 6) is -0.818. The van der Waals surface area contributed by atoms with E-state index < -0.39 is 18.0 Å². The number of anilines is 1. The summed E-state index contributed by atoms with van der Waals surface area (Å²) in [6.45, 7) is 1.67. The van der Waals surface area contributed by atoms with Crippen molar-refractivity contribution in [3.05, 3.63) is 34.1 Å². The van der Waals surface area contributed by atoms with E-state index in [2.05, 4.69) is 47.2 Å². The van der Waals surface area contributed by atoms with E-state index in [1.807, 2.05) is 0 Å². The number of carboxylic acids is 1. The number of hydrogen-bond acceptors (Lipinski definition) is 5. The van der Waals surface area contributed by atoms with Crippen LogP contribution in [0.3, 0.4) is 0 Å². The number of amides is 2. The summed E-state index contributed by atoms with van der Waals surface area (Å²) >= 11 is 3.22. The second kappa shape index (κ2) is 6.31. The van der Waals surface area contributed by atoms with Crippen molar-refractivity contribution in [1.29, 1.82) is 0 Å². The van der Waals surface area contributed by atoms with Crippen molar-refractivity contribution in [3.8, 4) is 0 Å². The van der Waals surface area contributed by atoms with Gasteiger partial charge >= 0.3 is 12.0 Å². The fourth-order valence-electron chi connectivity index (χ4n) is 1.58. The number of hydrogen-bond donors (Lipinski definition) is 4. The van der Waals surface area contributed by atoms with Gasteiger partial charge in [0.05, 0.1) is 17.3 Å². The monoisotopic (exact) mass is 354 g/mol. The van der Waals surface area contributed by atoms with E-state index in [1.54, 1.807) is 13.0 Å². The fraction of sp³-hybridized carbons (Fsp3) is 0.182. The highest BCUT2D eigenvalue weighted by atomic mass is 79.9. The Hall–Kier alpha value is -2.49. The molecule has 0 fully saturated rings. The van der Waals surface area contributed by atoms with Crippen LogP contribution >= 0.6 is 15.9 Å². The lowest BCUT2D eigenvalue weighted by molar-refractivity contribution is 0.0698. The molecule has 0 bridgehead atoms. The lowest BCUT2D eigenvalue weighted by Crippen LogP contribution is -2.32. The summed E-state index contributed by atoms with van der Waals surface area (Å²) in [7, 11) is 0.